The first-order valence-corrected chi connectivity index (χ1v) is 9.67. The van der Waals surface area contributed by atoms with Crippen molar-refractivity contribution in [3.05, 3.63) is 48.5 Å². The standard InChI is InChI=1S/C20H24N2O4S/c1-4-26-18-12-8-6-10-16(18)22-20(24)14(2)27-13-19(23)21-15-9-5-7-11-17(15)25-3/h5-12,14H,4,13H2,1-3H3,(H,21,23)(H,22,24)/t14-/m1/s1. The number of methoxy groups -OCH3 is 1. The van der Waals surface area contributed by atoms with E-state index in [1.165, 1.54) is 11.8 Å². The maximum Gasteiger partial charge on any atom is 0.237 e. The van der Waals surface area contributed by atoms with E-state index < -0.39 is 5.25 Å². The van der Waals surface area contributed by atoms with Gasteiger partial charge >= 0.3 is 0 Å². The fourth-order valence-electron chi connectivity index (χ4n) is 2.30. The van der Waals surface area contributed by atoms with E-state index in [9.17, 15) is 9.59 Å². The average molecular weight is 388 g/mol. The topological polar surface area (TPSA) is 76.7 Å². The summed E-state index contributed by atoms with van der Waals surface area (Å²) in [5.41, 5.74) is 1.23. The number of para-hydroxylation sites is 4. The molecule has 0 bridgehead atoms. The van der Waals surface area contributed by atoms with Gasteiger partial charge in [-0.3, -0.25) is 9.59 Å². The molecule has 0 radical (unpaired) electrons. The number of thioether (sulfide) groups is 1. The second-order valence-corrected chi connectivity index (χ2v) is 6.95. The lowest BCUT2D eigenvalue weighted by Gasteiger charge is -2.15. The smallest absolute Gasteiger partial charge is 0.237 e. The highest BCUT2D eigenvalue weighted by Gasteiger charge is 2.17. The van der Waals surface area contributed by atoms with Gasteiger partial charge in [0.2, 0.25) is 11.8 Å². The molecule has 0 aliphatic carbocycles. The Morgan fingerprint density at radius 3 is 2.22 bits per heavy atom. The Morgan fingerprint density at radius 1 is 1.00 bits per heavy atom. The van der Waals surface area contributed by atoms with E-state index in [1.807, 2.05) is 31.2 Å². The van der Waals surface area contributed by atoms with Crippen LogP contribution in [0, 0.1) is 0 Å². The largest absolute Gasteiger partial charge is 0.495 e. The zero-order chi connectivity index (χ0) is 19.6. The van der Waals surface area contributed by atoms with Gasteiger partial charge in [0, 0.05) is 0 Å². The summed E-state index contributed by atoms with van der Waals surface area (Å²) < 4.78 is 10.7. The Morgan fingerprint density at radius 2 is 1.59 bits per heavy atom. The molecule has 0 heterocycles. The molecular weight excluding hydrogens is 364 g/mol. The average Bonchev–Trinajstić information content (AvgIpc) is 2.68. The number of carbonyl (C=O) groups is 2. The summed E-state index contributed by atoms with van der Waals surface area (Å²) >= 11 is 1.26. The molecular formula is C20H24N2O4S. The van der Waals surface area contributed by atoms with Crippen molar-refractivity contribution in [3.8, 4) is 11.5 Å². The molecule has 2 N–H and O–H groups in total. The van der Waals surface area contributed by atoms with Gasteiger partial charge in [-0.1, -0.05) is 24.3 Å². The van der Waals surface area contributed by atoms with E-state index in [0.717, 1.165) is 0 Å². The molecule has 0 spiro atoms. The molecule has 2 aromatic rings. The molecule has 0 aliphatic heterocycles. The molecule has 1 atom stereocenters. The van der Waals surface area contributed by atoms with Crippen molar-refractivity contribution in [2.45, 2.75) is 19.1 Å². The highest BCUT2D eigenvalue weighted by molar-refractivity contribution is 8.01. The van der Waals surface area contributed by atoms with E-state index in [-0.39, 0.29) is 17.6 Å². The number of anilines is 2. The molecule has 27 heavy (non-hydrogen) atoms. The highest BCUT2D eigenvalue weighted by Crippen LogP contribution is 2.26. The predicted molar refractivity (Wildman–Crippen MR) is 110 cm³/mol. The Kier molecular flexibility index (Phi) is 8.00. The molecule has 0 saturated carbocycles. The number of benzene rings is 2. The maximum absolute atomic E-state index is 12.4. The Hall–Kier alpha value is -2.67. The third-order valence-corrected chi connectivity index (χ3v) is 4.80. The number of hydrogen-bond acceptors (Lipinski definition) is 5. The van der Waals surface area contributed by atoms with Crippen molar-refractivity contribution in [2.75, 3.05) is 30.1 Å². The van der Waals surface area contributed by atoms with Crippen LogP contribution >= 0.6 is 11.8 Å². The molecule has 144 valence electrons. The molecule has 2 aromatic carbocycles. The van der Waals surface area contributed by atoms with Crippen LogP contribution in [0.1, 0.15) is 13.8 Å². The third kappa shape index (κ3) is 6.21. The van der Waals surface area contributed by atoms with E-state index in [1.54, 1.807) is 38.3 Å². The van der Waals surface area contributed by atoms with Gasteiger partial charge in [0.15, 0.2) is 0 Å². The molecule has 2 amide bonds. The quantitative estimate of drug-likeness (QED) is 0.683. The monoisotopic (exact) mass is 388 g/mol. The molecule has 0 aromatic heterocycles. The first-order chi connectivity index (χ1) is 13.0. The summed E-state index contributed by atoms with van der Waals surface area (Å²) in [6.07, 6.45) is 0. The van der Waals surface area contributed by atoms with Gasteiger partial charge in [-0.25, -0.2) is 0 Å². The van der Waals surface area contributed by atoms with Crippen molar-refractivity contribution in [1.82, 2.24) is 0 Å². The molecule has 0 unspecified atom stereocenters. The van der Waals surface area contributed by atoms with E-state index >= 15 is 0 Å². The minimum atomic E-state index is -0.400. The SMILES string of the molecule is CCOc1ccccc1NC(=O)[C@@H](C)SCC(=O)Nc1ccccc1OC. The molecule has 6 nitrogen and oxygen atoms in total. The van der Waals surface area contributed by atoms with Gasteiger partial charge < -0.3 is 20.1 Å². The maximum atomic E-state index is 12.4. The van der Waals surface area contributed by atoms with Gasteiger partial charge in [0.1, 0.15) is 11.5 Å². The fourth-order valence-corrected chi connectivity index (χ4v) is 2.98. The van der Waals surface area contributed by atoms with Crippen molar-refractivity contribution in [1.29, 1.82) is 0 Å². The third-order valence-electron chi connectivity index (χ3n) is 3.66. The van der Waals surface area contributed by atoms with Crippen LogP contribution in [0.15, 0.2) is 48.5 Å². The Balaban J connectivity index is 1.87. The normalized spacial score (nSPS) is 11.4. The van der Waals surface area contributed by atoms with E-state index in [0.29, 0.717) is 29.5 Å². The van der Waals surface area contributed by atoms with Gasteiger partial charge in [0.05, 0.1) is 36.1 Å². The number of hydrogen-bond donors (Lipinski definition) is 2. The lowest BCUT2D eigenvalue weighted by molar-refractivity contribution is -0.115. The molecule has 7 heteroatoms. The molecule has 0 aliphatic rings. The second kappa shape index (κ2) is 10.5. The lowest BCUT2D eigenvalue weighted by atomic mass is 10.3. The Labute approximate surface area is 163 Å². The van der Waals surface area contributed by atoms with Crippen LogP contribution in [0.5, 0.6) is 11.5 Å². The van der Waals surface area contributed by atoms with Gasteiger partial charge in [0.25, 0.3) is 0 Å². The van der Waals surface area contributed by atoms with Crippen LogP contribution in [-0.2, 0) is 9.59 Å². The van der Waals surface area contributed by atoms with Gasteiger partial charge in [-0.05, 0) is 38.1 Å². The van der Waals surface area contributed by atoms with Crippen molar-refractivity contribution >= 4 is 35.0 Å². The van der Waals surface area contributed by atoms with E-state index in [2.05, 4.69) is 10.6 Å². The number of nitrogens with one attached hydrogen (secondary N) is 2. The summed E-state index contributed by atoms with van der Waals surface area (Å²) in [5.74, 6) is 0.990. The molecule has 2 rings (SSSR count). The van der Waals surface area contributed by atoms with Crippen LogP contribution in [0.3, 0.4) is 0 Å². The van der Waals surface area contributed by atoms with Crippen LogP contribution in [0.25, 0.3) is 0 Å². The zero-order valence-corrected chi connectivity index (χ0v) is 16.5. The molecule has 0 saturated heterocycles. The minimum Gasteiger partial charge on any atom is -0.495 e. The van der Waals surface area contributed by atoms with Crippen molar-refractivity contribution < 1.29 is 19.1 Å². The number of ether oxygens (including phenoxy) is 2. The number of carbonyl (C=O) groups excluding carboxylic acids is 2. The van der Waals surface area contributed by atoms with Crippen molar-refractivity contribution in [3.63, 3.8) is 0 Å². The summed E-state index contributed by atoms with van der Waals surface area (Å²) in [6, 6.07) is 14.5. The minimum absolute atomic E-state index is 0.153. The van der Waals surface area contributed by atoms with Crippen LogP contribution < -0.4 is 20.1 Å². The molecule has 0 fully saturated rings. The first-order valence-electron chi connectivity index (χ1n) is 8.62. The zero-order valence-electron chi connectivity index (χ0n) is 15.7. The summed E-state index contributed by atoms with van der Waals surface area (Å²) in [7, 11) is 1.55. The van der Waals surface area contributed by atoms with Crippen LogP contribution in [0.2, 0.25) is 0 Å². The second-order valence-electron chi connectivity index (χ2n) is 5.62. The predicted octanol–water partition coefficient (Wildman–Crippen LogP) is 3.79. The van der Waals surface area contributed by atoms with Gasteiger partial charge in [-0.2, -0.15) is 0 Å². The van der Waals surface area contributed by atoms with Gasteiger partial charge in [-0.15, -0.1) is 11.8 Å². The van der Waals surface area contributed by atoms with Crippen LogP contribution in [-0.4, -0.2) is 36.5 Å². The van der Waals surface area contributed by atoms with Crippen LogP contribution in [0.4, 0.5) is 11.4 Å². The Bertz CT molecular complexity index is 782. The number of amides is 2. The summed E-state index contributed by atoms with van der Waals surface area (Å²) in [6.45, 7) is 4.16. The fraction of sp³-hybridized carbons (Fsp3) is 0.300. The first kappa shape index (κ1) is 20.6. The van der Waals surface area contributed by atoms with Crippen molar-refractivity contribution in [2.24, 2.45) is 0 Å². The summed E-state index contributed by atoms with van der Waals surface area (Å²) in [5, 5.41) is 5.25. The lowest BCUT2D eigenvalue weighted by Crippen LogP contribution is -2.25. The highest BCUT2D eigenvalue weighted by atomic mass is 32.2. The van der Waals surface area contributed by atoms with E-state index in [4.69, 9.17) is 9.47 Å². The number of rotatable bonds is 9. The summed E-state index contributed by atoms with van der Waals surface area (Å²) in [4.78, 5) is 24.6.